The zero-order valence-corrected chi connectivity index (χ0v) is 19.7. The fraction of sp³-hybridized carbons (Fsp3) is 0.500. The van der Waals surface area contributed by atoms with Gasteiger partial charge >= 0.3 is 12.0 Å². The van der Waals surface area contributed by atoms with Crippen LogP contribution in [-0.2, 0) is 34.3 Å². The number of hydrogen-bond donors (Lipinski definition) is 1. The summed E-state index contributed by atoms with van der Waals surface area (Å²) in [4.78, 5) is 42.0. The number of amides is 3. The van der Waals surface area contributed by atoms with Crippen LogP contribution in [0.3, 0.4) is 0 Å². The van der Waals surface area contributed by atoms with Crippen LogP contribution in [0.15, 0.2) is 30.3 Å². The van der Waals surface area contributed by atoms with Crippen molar-refractivity contribution in [2.24, 2.45) is 7.05 Å². The van der Waals surface area contributed by atoms with Gasteiger partial charge in [-0.1, -0.05) is 30.3 Å². The van der Waals surface area contributed by atoms with E-state index in [2.05, 4.69) is 10.4 Å². The van der Waals surface area contributed by atoms with Crippen LogP contribution >= 0.6 is 0 Å². The SMILES string of the molecule is CCOC(=O)CC(NC(=O)N1CCc2c(c(C(=O)N3CCOCC3)nn2C)C1)c1ccccc1. The summed E-state index contributed by atoms with van der Waals surface area (Å²) >= 11 is 0. The van der Waals surface area contributed by atoms with Gasteiger partial charge in [-0.15, -0.1) is 0 Å². The summed E-state index contributed by atoms with van der Waals surface area (Å²) in [6.45, 7) is 4.88. The summed E-state index contributed by atoms with van der Waals surface area (Å²) in [5, 5.41) is 7.48. The Bertz CT molecular complexity index is 1030. The second-order valence-corrected chi connectivity index (χ2v) is 8.40. The van der Waals surface area contributed by atoms with E-state index in [4.69, 9.17) is 9.47 Å². The van der Waals surface area contributed by atoms with Crippen LogP contribution in [0.1, 0.15) is 46.7 Å². The number of nitrogens with one attached hydrogen (secondary N) is 1. The Morgan fingerprint density at radius 2 is 1.85 bits per heavy atom. The van der Waals surface area contributed by atoms with E-state index in [1.165, 1.54) is 0 Å². The average Bonchev–Trinajstić information content (AvgIpc) is 3.20. The maximum absolute atomic E-state index is 13.2. The smallest absolute Gasteiger partial charge is 0.318 e. The Labute approximate surface area is 198 Å². The van der Waals surface area contributed by atoms with Gasteiger partial charge in [-0.25, -0.2) is 4.79 Å². The minimum atomic E-state index is -0.516. The van der Waals surface area contributed by atoms with E-state index in [1.54, 1.807) is 21.4 Å². The first-order valence-corrected chi connectivity index (χ1v) is 11.7. The molecule has 0 saturated carbocycles. The Balaban J connectivity index is 1.50. The average molecular weight is 470 g/mol. The van der Waals surface area contributed by atoms with Crippen molar-refractivity contribution in [2.75, 3.05) is 39.5 Å². The molecule has 1 N–H and O–H groups in total. The quantitative estimate of drug-likeness (QED) is 0.645. The number of benzene rings is 1. The zero-order valence-electron chi connectivity index (χ0n) is 19.7. The molecule has 0 spiro atoms. The van der Waals surface area contributed by atoms with Gasteiger partial charge in [0.2, 0.25) is 0 Å². The first-order chi connectivity index (χ1) is 16.5. The second kappa shape index (κ2) is 10.7. The Morgan fingerprint density at radius 1 is 1.12 bits per heavy atom. The third-order valence-electron chi connectivity index (χ3n) is 6.21. The fourth-order valence-electron chi connectivity index (χ4n) is 4.42. The molecular formula is C24H31N5O5. The topological polar surface area (TPSA) is 106 Å². The molecule has 0 radical (unpaired) electrons. The molecule has 0 bridgehead atoms. The lowest BCUT2D eigenvalue weighted by Crippen LogP contribution is -2.45. The lowest BCUT2D eigenvalue weighted by molar-refractivity contribution is -0.143. The Hall–Kier alpha value is -3.40. The van der Waals surface area contributed by atoms with Crippen LogP contribution < -0.4 is 5.32 Å². The molecule has 3 amide bonds. The van der Waals surface area contributed by atoms with Crippen LogP contribution in [0, 0.1) is 0 Å². The Kier molecular flexibility index (Phi) is 7.46. The third-order valence-corrected chi connectivity index (χ3v) is 6.21. The van der Waals surface area contributed by atoms with E-state index >= 15 is 0 Å². The predicted octanol–water partition coefficient (Wildman–Crippen LogP) is 1.65. The van der Waals surface area contributed by atoms with Crippen molar-refractivity contribution in [3.8, 4) is 0 Å². The van der Waals surface area contributed by atoms with E-state index in [9.17, 15) is 14.4 Å². The number of fused-ring (bicyclic) bond motifs is 1. The molecule has 1 aromatic heterocycles. The number of morpholine rings is 1. The molecule has 4 rings (SSSR count). The standard InChI is InChI=1S/C24H31N5O5/c1-3-34-21(30)15-19(17-7-5-4-6-8-17)25-24(32)29-10-9-20-18(16-29)22(26-27(20)2)23(31)28-11-13-33-14-12-28/h4-8,19H,3,9-16H2,1-2H3,(H,25,32). The molecule has 1 atom stereocenters. The highest BCUT2D eigenvalue weighted by Crippen LogP contribution is 2.25. The van der Waals surface area contributed by atoms with Crippen molar-refractivity contribution in [2.45, 2.75) is 32.4 Å². The number of urea groups is 1. The summed E-state index contributed by atoms with van der Waals surface area (Å²) in [6.07, 6.45) is 0.632. The summed E-state index contributed by atoms with van der Waals surface area (Å²) in [5.74, 6) is -0.505. The van der Waals surface area contributed by atoms with Crippen LogP contribution in [0.5, 0.6) is 0 Å². The van der Waals surface area contributed by atoms with E-state index in [1.807, 2.05) is 37.4 Å². The van der Waals surface area contributed by atoms with E-state index in [-0.39, 0.29) is 37.5 Å². The molecule has 0 aliphatic carbocycles. The molecule has 10 heteroatoms. The van der Waals surface area contributed by atoms with Gasteiger partial charge in [0, 0.05) is 44.4 Å². The molecule has 182 valence electrons. The van der Waals surface area contributed by atoms with Crippen LogP contribution in [0.4, 0.5) is 4.79 Å². The lowest BCUT2D eigenvalue weighted by Gasteiger charge is -2.30. The number of esters is 1. The lowest BCUT2D eigenvalue weighted by atomic mass is 10.0. The minimum Gasteiger partial charge on any atom is -0.466 e. The third kappa shape index (κ3) is 5.22. The van der Waals surface area contributed by atoms with Gasteiger partial charge in [-0.2, -0.15) is 5.10 Å². The molecule has 2 aliphatic rings. The number of carbonyl (C=O) groups excluding carboxylic acids is 3. The van der Waals surface area contributed by atoms with Gasteiger partial charge in [-0.3, -0.25) is 14.3 Å². The van der Waals surface area contributed by atoms with E-state index in [0.29, 0.717) is 45.0 Å². The van der Waals surface area contributed by atoms with Gasteiger partial charge in [0.1, 0.15) is 0 Å². The minimum absolute atomic E-state index is 0.0380. The summed E-state index contributed by atoms with van der Waals surface area (Å²) in [6, 6.07) is 8.55. The van der Waals surface area contributed by atoms with Crippen LogP contribution in [0.25, 0.3) is 0 Å². The number of carbonyl (C=O) groups is 3. The van der Waals surface area contributed by atoms with Gasteiger partial charge < -0.3 is 24.6 Å². The highest BCUT2D eigenvalue weighted by atomic mass is 16.5. The first kappa shape index (κ1) is 23.7. The van der Waals surface area contributed by atoms with Gasteiger partial charge in [0.15, 0.2) is 5.69 Å². The zero-order chi connectivity index (χ0) is 24.1. The summed E-state index contributed by atoms with van der Waals surface area (Å²) in [5.41, 5.74) is 2.96. The molecule has 1 fully saturated rings. The predicted molar refractivity (Wildman–Crippen MR) is 123 cm³/mol. The summed E-state index contributed by atoms with van der Waals surface area (Å²) < 4.78 is 12.2. The van der Waals surface area contributed by atoms with Gasteiger partial charge in [-0.05, 0) is 12.5 Å². The monoisotopic (exact) mass is 469 g/mol. The number of nitrogens with zero attached hydrogens (tertiary/aromatic N) is 4. The van der Waals surface area contributed by atoms with Crippen LogP contribution in [-0.4, -0.2) is 76.9 Å². The molecule has 2 aromatic rings. The molecule has 10 nitrogen and oxygen atoms in total. The highest BCUT2D eigenvalue weighted by molar-refractivity contribution is 5.94. The highest BCUT2D eigenvalue weighted by Gasteiger charge is 2.32. The van der Waals surface area contributed by atoms with E-state index < -0.39 is 6.04 Å². The second-order valence-electron chi connectivity index (χ2n) is 8.40. The first-order valence-electron chi connectivity index (χ1n) is 11.7. The Morgan fingerprint density at radius 3 is 2.56 bits per heavy atom. The summed E-state index contributed by atoms with van der Waals surface area (Å²) in [7, 11) is 1.83. The molecule has 3 heterocycles. The number of ether oxygens (including phenoxy) is 2. The number of rotatable bonds is 6. The maximum Gasteiger partial charge on any atom is 0.318 e. The molecular weight excluding hydrogens is 438 g/mol. The normalized spacial score (nSPS) is 16.5. The number of aryl methyl sites for hydroxylation is 1. The molecule has 1 saturated heterocycles. The van der Waals surface area contributed by atoms with Crippen molar-refractivity contribution in [3.63, 3.8) is 0 Å². The van der Waals surface area contributed by atoms with Crippen molar-refractivity contribution in [1.82, 2.24) is 24.9 Å². The van der Waals surface area contributed by atoms with Gasteiger partial charge in [0.25, 0.3) is 5.91 Å². The molecule has 2 aliphatic heterocycles. The largest absolute Gasteiger partial charge is 0.466 e. The molecule has 1 aromatic carbocycles. The number of aromatic nitrogens is 2. The van der Waals surface area contributed by atoms with Crippen LogP contribution in [0.2, 0.25) is 0 Å². The molecule has 34 heavy (non-hydrogen) atoms. The van der Waals surface area contributed by atoms with Crippen molar-refractivity contribution >= 4 is 17.9 Å². The number of hydrogen-bond acceptors (Lipinski definition) is 6. The maximum atomic E-state index is 13.2. The van der Waals surface area contributed by atoms with Crippen molar-refractivity contribution < 1.29 is 23.9 Å². The fourth-order valence-corrected chi connectivity index (χ4v) is 4.42. The van der Waals surface area contributed by atoms with Crippen molar-refractivity contribution in [3.05, 3.63) is 52.8 Å². The molecule has 1 unspecified atom stereocenters. The van der Waals surface area contributed by atoms with Crippen molar-refractivity contribution in [1.29, 1.82) is 0 Å². The van der Waals surface area contributed by atoms with Gasteiger partial charge in [0.05, 0.1) is 38.8 Å². The van der Waals surface area contributed by atoms with E-state index in [0.717, 1.165) is 16.8 Å².